The Balaban J connectivity index is 2.22. The first-order valence-electron chi connectivity index (χ1n) is 5.32. The van der Waals surface area contributed by atoms with Gasteiger partial charge in [0.05, 0.1) is 5.70 Å². The van der Waals surface area contributed by atoms with E-state index in [0.29, 0.717) is 29.9 Å². The zero-order valence-electron chi connectivity index (χ0n) is 8.73. The van der Waals surface area contributed by atoms with E-state index in [2.05, 4.69) is 5.32 Å². The summed E-state index contributed by atoms with van der Waals surface area (Å²) in [5.41, 5.74) is 2.03. The Morgan fingerprint density at radius 3 is 3.00 bits per heavy atom. The van der Waals surface area contributed by atoms with Gasteiger partial charge in [0.15, 0.2) is 0 Å². The molecule has 1 aromatic carbocycles. The Kier molecular flexibility index (Phi) is 1.97. The average Bonchev–Trinajstić information content (AvgIpc) is 2.42. The molecule has 0 radical (unpaired) electrons. The van der Waals surface area contributed by atoms with E-state index in [1.54, 1.807) is 23.1 Å². The topological polar surface area (TPSA) is 52.6 Å². The summed E-state index contributed by atoms with van der Waals surface area (Å²) in [6, 6.07) is 7.13. The Morgan fingerprint density at radius 2 is 2.12 bits per heavy atom. The second-order valence-electron chi connectivity index (χ2n) is 4.01. The van der Waals surface area contributed by atoms with Crippen molar-refractivity contribution in [3.63, 3.8) is 0 Å². The summed E-state index contributed by atoms with van der Waals surface area (Å²) < 4.78 is 0. The van der Waals surface area contributed by atoms with E-state index in [9.17, 15) is 9.90 Å². The summed E-state index contributed by atoms with van der Waals surface area (Å²) >= 11 is 0. The third-order valence-corrected chi connectivity index (χ3v) is 3.03. The molecule has 0 aliphatic carbocycles. The number of nitrogens with zero attached hydrogens (tertiary/aromatic N) is 1. The van der Waals surface area contributed by atoms with E-state index in [-0.39, 0.29) is 11.7 Å². The van der Waals surface area contributed by atoms with Crippen LogP contribution in [0.15, 0.2) is 30.0 Å². The molecule has 1 fully saturated rings. The molecule has 82 valence electrons. The molecule has 2 heterocycles. The number of carbonyl (C=O) groups is 1. The number of hydrogen-bond donors (Lipinski definition) is 2. The van der Waals surface area contributed by atoms with Crippen LogP contribution in [-0.4, -0.2) is 35.5 Å². The van der Waals surface area contributed by atoms with Crippen molar-refractivity contribution in [1.82, 2.24) is 10.2 Å². The van der Waals surface area contributed by atoms with E-state index < -0.39 is 0 Å². The van der Waals surface area contributed by atoms with Crippen molar-refractivity contribution in [2.45, 2.75) is 0 Å². The highest BCUT2D eigenvalue weighted by Gasteiger charge is 2.28. The summed E-state index contributed by atoms with van der Waals surface area (Å²) in [7, 11) is 0. The summed E-state index contributed by atoms with van der Waals surface area (Å²) in [5, 5.41) is 13.3. The Bertz CT molecular complexity index is 494. The maximum absolute atomic E-state index is 12.1. The monoisotopic (exact) mass is 216 g/mol. The molecule has 2 bridgehead atoms. The number of carbonyl (C=O) groups excluding carboxylic acids is 1. The van der Waals surface area contributed by atoms with Crippen LogP contribution in [0.25, 0.3) is 5.76 Å². The molecule has 2 N–H and O–H groups in total. The highest BCUT2D eigenvalue weighted by atomic mass is 16.3. The second kappa shape index (κ2) is 3.35. The SMILES string of the molecule is O=C1c2cccc(c2)C(O)=C2CNCCN12. The number of amides is 1. The lowest BCUT2D eigenvalue weighted by Crippen LogP contribution is -2.44. The normalized spacial score (nSPS) is 19.5. The lowest BCUT2D eigenvalue weighted by atomic mass is 10.1. The van der Waals surface area contributed by atoms with Gasteiger partial charge < -0.3 is 15.3 Å². The number of piperazine rings is 1. The highest BCUT2D eigenvalue weighted by Crippen LogP contribution is 2.26. The van der Waals surface area contributed by atoms with Gasteiger partial charge in [-0.25, -0.2) is 0 Å². The summed E-state index contributed by atoms with van der Waals surface area (Å²) in [4.78, 5) is 13.8. The van der Waals surface area contributed by atoms with Crippen LogP contribution < -0.4 is 5.32 Å². The van der Waals surface area contributed by atoms with E-state index in [4.69, 9.17) is 0 Å². The molecule has 1 aromatic rings. The van der Waals surface area contributed by atoms with Crippen molar-refractivity contribution in [2.75, 3.05) is 19.6 Å². The van der Waals surface area contributed by atoms with Gasteiger partial charge in [0.25, 0.3) is 5.91 Å². The molecule has 0 spiro atoms. The molecule has 1 saturated heterocycles. The van der Waals surface area contributed by atoms with Crippen molar-refractivity contribution >= 4 is 11.7 Å². The van der Waals surface area contributed by atoms with Crippen LogP contribution in [0.1, 0.15) is 15.9 Å². The van der Waals surface area contributed by atoms with Gasteiger partial charge in [-0.3, -0.25) is 4.79 Å². The minimum atomic E-state index is -0.0256. The molecule has 2 aliphatic heterocycles. The zero-order chi connectivity index (χ0) is 11.1. The molecule has 0 atom stereocenters. The molecular weight excluding hydrogens is 204 g/mol. The largest absolute Gasteiger partial charge is 0.505 e. The summed E-state index contributed by atoms with van der Waals surface area (Å²) in [6.07, 6.45) is 0. The highest BCUT2D eigenvalue weighted by molar-refractivity contribution is 5.98. The van der Waals surface area contributed by atoms with Crippen molar-refractivity contribution in [3.05, 3.63) is 41.1 Å². The fourth-order valence-electron chi connectivity index (χ4n) is 2.19. The predicted molar refractivity (Wildman–Crippen MR) is 59.9 cm³/mol. The Labute approximate surface area is 93.2 Å². The van der Waals surface area contributed by atoms with Gasteiger partial charge >= 0.3 is 0 Å². The first-order chi connectivity index (χ1) is 7.77. The molecule has 1 amide bonds. The van der Waals surface area contributed by atoms with Crippen LogP contribution in [0.4, 0.5) is 0 Å². The van der Waals surface area contributed by atoms with Gasteiger partial charge in [0.1, 0.15) is 5.76 Å². The minimum absolute atomic E-state index is 0.0256. The fraction of sp³-hybridized carbons (Fsp3) is 0.250. The van der Waals surface area contributed by atoms with Crippen LogP contribution in [0.5, 0.6) is 0 Å². The predicted octanol–water partition coefficient (Wildman–Crippen LogP) is 0.972. The van der Waals surface area contributed by atoms with E-state index in [1.165, 1.54) is 0 Å². The number of aliphatic hydroxyl groups is 1. The molecule has 2 aliphatic rings. The number of rotatable bonds is 0. The van der Waals surface area contributed by atoms with Crippen LogP contribution in [0, 0.1) is 0 Å². The van der Waals surface area contributed by atoms with Gasteiger partial charge in [0, 0.05) is 30.8 Å². The number of hydrogen-bond acceptors (Lipinski definition) is 3. The molecule has 3 rings (SSSR count). The molecule has 0 unspecified atom stereocenters. The lowest BCUT2D eigenvalue weighted by Gasteiger charge is -2.29. The first-order valence-corrected chi connectivity index (χ1v) is 5.32. The van der Waals surface area contributed by atoms with Gasteiger partial charge in [-0.05, 0) is 12.1 Å². The number of benzene rings is 1. The van der Waals surface area contributed by atoms with E-state index >= 15 is 0 Å². The fourth-order valence-corrected chi connectivity index (χ4v) is 2.19. The maximum atomic E-state index is 12.1. The van der Waals surface area contributed by atoms with E-state index in [1.807, 2.05) is 6.07 Å². The first kappa shape index (κ1) is 9.42. The molecular formula is C12H12N2O2. The van der Waals surface area contributed by atoms with E-state index in [0.717, 1.165) is 6.54 Å². The second-order valence-corrected chi connectivity index (χ2v) is 4.01. The number of nitrogens with one attached hydrogen (secondary N) is 1. The van der Waals surface area contributed by atoms with Crippen LogP contribution in [0.2, 0.25) is 0 Å². The van der Waals surface area contributed by atoms with Crippen LogP contribution in [-0.2, 0) is 0 Å². The van der Waals surface area contributed by atoms with Crippen molar-refractivity contribution in [3.8, 4) is 0 Å². The third-order valence-electron chi connectivity index (χ3n) is 3.03. The number of aliphatic hydroxyl groups excluding tert-OH is 1. The minimum Gasteiger partial charge on any atom is -0.505 e. The molecule has 4 heteroatoms. The molecule has 4 nitrogen and oxygen atoms in total. The zero-order valence-corrected chi connectivity index (χ0v) is 8.73. The Hall–Kier alpha value is -1.81. The van der Waals surface area contributed by atoms with Gasteiger partial charge in [-0.1, -0.05) is 12.1 Å². The van der Waals surface area contributed by atoms with Gasteiger partial charge in [-0.2, -0.15) is 0 Å². The van der Waals surface area contributed by atoms with Crippen molar-refractivity contribution < 1.29 is 9.90 Å². The van der Waals surface area contributed by atoms with Crippen LogP contribution in [0.3, 0.4) is 0 Å². The smallest absolute Gasteiger partial charge is 0.258 e. The standard InChI is InChI=1S/C12H12N2O2/c15-11-8-2-1-3-9(6-8)12(16)14-5-4-13-7-10(11)14/h1-3,6,13,15H,4-5,7H2. The quantitative estimate of drug-likeness (QED) is 0.679. The van der Waals surface area contributed by atoms with Crippen LogP contribution >= 0.6 is 0 Å². The van der Waals surface area contributed by atoms with Gasteiger partial charge in [0.2, 0.25) is 0 Å². The summed E-state index contributed by atoms with van der Waals surface area (Å²) in [6.45, 7) is 1.91. The molecule has 0 aromatic heterocycles. The Morgan fingerprint density at radius 1 is 1.31 bits per heavy atom. The lowest BCUT2D eigenvalue weighted by molar-refractivity contribution is 0.0789. The molecule has 16 heavy (non-hydrogen) atoms. The number of fused-ring (bicyclic) bond motifs is 3. The summed E-state index contributed by atoms with van der Waals surface area (Å²) in [5.74, 6) is 0.183. The maximum Gasteiger partial charge on any atom is 0.258 e. The van der Waals surface area contributed by atoms with Crippen molar-refractivity contribution in [2.24, 2.45) is 0 Å². The third kappa shape index (κ3) is 1.23. The molecule has 0 saturated carbocycles. The van der Waals surface area contributed by atoms with Crippen molar-refractivity contribution in [1.29, 1.82) is 0 Å². The average molecular weight is 216 g/mol. The van der Waals surface area contributed by atoms with Gasteiger partial charge in [-0.15, -0.1) is 0 Å².